The average Bonchev–Trinajstić information content (AvgIpc) is 3.29. The van der Waals surface area contributed by atoms with Crippen LogP contribution in [0.3, 0.4) is 0 Å². The fraction of sp³-hybridized carbons (Fsp3) is 0.533. The van der Waals surface area contributed by atoms with Gasteiger partial charge in [0.05, 0.1) is 6.61 Å². The van der Waals surface area contributed by atoms with Crippen LogP contribution in [-0.4, -0.2) is 54.5 Å². The Labute approximate surface area is 216 Å². The number of nitrogens with one attached hydrogen (secondary N) is 1. The van der Waals surface area contributed by atoms with E-state index in [2.05, 4.69) is 44.3 Å². The monoisotopic (exact) mass is 491 g/mol. The molecule has 6 heteroatoms. The Morgan fingerprint density at radius 2 is 1.64 bits per heavy atom. The summed E-state index contributed by atoms with van der Waals surface area (Å²) in [6.45, 7) is 12.1. The van der Waals surface area contributed by atoms with Crippen molar-refractivity contribution in [1.29, 1.82) is 0 Å². The number of anilines is 1. The molecule has 0 aromatic heterocycles. The van der Waals surface area contributed by atoms with Crippen molar-refractivity contribution in [3.63, 3.8) is 0 Å². The first-order valence-electron chi connectivity index (χ1n) is 13.6. The summed E-state index contributed by atoms with van der Waals surface area (Å²) in [5.41, 5.74) is 4.22. The van der Waals surface area contributed by atoms with E-state index < -0.39 is 0 Å². The summed E-state index contributed by atoms with van der Waals surface area (Å²) in [5, 5.41) is 3.28. The van der Waals surface area contributed by atoms with Crippen molar-refractivity contribution in [2.75, 3.05) is 38.1 Å². The molecule has 0 saturated carbocycles. The number of hydrogen-bond donors (Lipinski definition) is 1. The van der Waals surface area contributed by atoms with Gasteiger partial charge in [-0.25, -0.2) is 4.79 Å². The Hall–Kier alpha value is -3.02. The van der Waals surface area contributed by atoms with Crippen LogP contribution in [0.5, 0.6) is 5.75 Å². The topological polar surface area (TPSA) is 61.9 Å². The van der Waals surface area contributed by atoms with Crippen LogP contribution < -0.4 is 10.1 Å². The number of carbonyl (C=O) groups is 2. The van der Waals surface area contributed by atoms with E-state index in [1.807, 2.05) is 41.0 Å². The number of ether oxygens (including phenoxy) is 1. The molecule has 36 heavy (non-hydrogen) atoms. The van der Waals surface area contributed by atoms with Gasteiger partial charge >= 0.3 is 6.03 Å². The molecule has 2 fully saturated rings. The van der Waals surface area contributed by atoms with E-state index in [9.17, 15) is 9.59 Å². The summed E-state index contributed by atoms with van der Waals surface area (Å²) < 4.78 is 5.49. The first-order chi connectivity index (χ1) is 17.4. The molecule has 0 aliphatic carbocycles. The van der Waals surface area contributed by atoms with Crippen LogP contribution in [0.4, 0.5) is 10.5 Å². The lowest BCUT2D eigenvalue weighted by atomic mass is 9.77. The molecule has 2 aromatic carbocycles. The van der Waals surface area contributed by atoms with Crippen LogP contribution in [0.2, 0.25) is 0 Å². The second-order valence-corrected chi connectivity index (χ2v) is 10.6. The molecular formula is C30H41N3O3. The number of nitrogens with zero attached hydrogens (tertiary/aromatic N) is 2. The second kappa shape index (κ2) is 11.4. The predicted octanol–water partition coefficient (Wildman–Crippen LogP) is 6.32. The Morgan fingerprint density at radius 3 is 2.25 bits per heavy atom. The Morgan fingerprint density at radius 1 is 0.972 bits per heavy atom. The maximum absolute atomic E-state index is 13.3. The maximum atomic E-state index is 13.3. The molecule has 1 N–H and O–H groups in total. The number of rotatable bonds is 7. The van der Waals surface area contributed by atoms with E-state index in [0.29, 0.717) is 18.1 Å². The van der Waals surface area contributed by atoms with Gasteiger partial charge in [-0.15, -0.1) is 0 Å². The minimum absolute atomic E-state index is 0.00484. The van der Waals surface area contributed by atoms with Crippen LogP contribution in [-0.2, 0) is 6.42 Å². The van der Waals surface area contributed by atoms with Gasteiger partial charge in [0, 0.05) is 37.4 Å². The molecule has 2 aliphatic rings. The molecule has 1 spiro atoms. The highest BCUT2D eigenvalue weighted by Gasteiger charge is 2.43. The van der Waals surface area contributed by atoms with Gasteiger partial charge < -0.3 is 19.9 Å². The first-order valence-corrected chi connectivity index (χ1v) is 13.6. The Balaban J connectivity index is 1.36. The van der Waals surface area contributed by atoms with Gasteiger partial charge in [0.1, 0.15) is 5.75 Å². The molecule has 2 aromatic rings. The average molecular weight is 492 g/mol. The maximum Gasteiger partial charge on any atom is 0.321 e. The number of amides is 3. The molecular weight excluding hydrogens is 450 g/mol. The van der Waals surface area contributed by atoms with Crippen molar-refractivity contribution in [2.45, 2.75) is 65.7 Å². The third-order valence-corrected chi connectivity index (χ3v) is 7.81. The van der Waals surface area contributed by atoms with Crippen molar-refractivity contribution < 1.29 is 14.3 Å². The van der Waals surface area contributed by atoms with Gasteiger partial charge in [0.25, 0.3) is 5.91 Å². The fourth-order valence-electron chi connectivity index (χ4n) is 5.66. The molecule has 0 bridgehead atoms. The highest BCUT2D eigenvalue weighted by Crippen LogP contribution is 2.41. The van der Waals surface area contributed by atoms with Crippen LogP contribution in [0.15, 0.2) is 42.5 Å². The summed E-state index contributed by atoms with van der Waals surface area (Å²) >= 11 is 0. The van der Waals surface area contributed by atoms with E-state index in [-0.39, 0.29) is 17.4 Å². The van der Waals surface area contributed by atoms with Gasteiger partial charge in [-0.1, -0.05) is 45.4 Å². The molecule has 6 nitrogen and oxygen atoms in total. The number of piperidine rings is 1. The molecule has 0 unspecified atom stereocenters. The molecule has 4 rings (SSSR count). The Kier molecular flexibility index (Phi) is 8.22. The predicted molar refractivity (Wildman–Crippen MR) is 145 cm³/mol. The van der Waals surface area contributed by atoms with Crippen LogP contribution in [0.25, 0.3) is 0 Å². The van der Waals surface area contributed by atoms with Crippen molar-refractivity contribution in [2.24, 2.45) is 5.41 Å². The van der Waals surface area contributed by atoms with Crippen LogP contribution >= 0.6 is 0 Å². The number of para-hydroxylation sites is 1. The molecule has 3 amide bonds. The van der Waals surface area contributed by atoms with Crippen molar-refractivity contribution in [3.05, 3.63) is 59.2 Å². The summed E-state index contributed by atoms with van der Waals surface area (Å²) in [6, 6.07) is 13.8. The zero-order valence-corrected chi connectivity index (χ0v) is 22.3. The van der Waals surface area contributed by atoms with Gasteiger partial charge in [-0.2, -0.15) is 0 Å². The zero-order chi connectivity index (χ0) is 25.7. The Bertz CT molecular complexity index is 1060. The van der Waals surface area contributed by atoms with Gasteiger partial charge in [0.2, 0.25) is 0 Å². The van der Waals surface area contributed by atoms with Crippen molar-refractivity contribution >= 4 is 17.6 Å². The second-order valence-electron chi connectivity index (χ2n) is 10.6. The number of carbonyl (C=O) groups excluding carboxylic acids is 2. The lowest BCUT2D eigenvalue weighted by Crippen LogP contribution is -2.45. The van der Waals surface area contributed by atoms with E-state index >= 15 is 0 Å². The number of likely N-dealkylation sites (tertiary alicyclic amines) is 2. The van der Waals surface area contributed by atoms with Crippen molar-refractivity contribution in [3.8, 4) is 5.75 Å². The molecule has 0 atom stereocenters. The minimum atomic E-state index is 0.00484. The van der Waals surface area contributed by atoms with Gasteiger partial charge in [-0.3, -0.25) is 4.79 Å². The summed E-state index contributed by atoms with van der Waals surface area (Å²) in [5.74, 6) is 1.21. The first kappa shape index (κ1) is 26.1. The lowest BCUT2D eigenvalue weighted by Gasteiger charge is -2.39. The summed E-state index contributed by atoms with van der Waals surface area (Å²) in [7, 11) is 0. The number of hydrogen-bond acceptors (Lipinski definition) is 3. The van der Waals surface area contributed by atoms with Gasteiger partial charge in [-0.05, 0) is 79.3 Å². The zero-order valence-electron chi connectivity index (χ0n) is 22.3. The molecule has 2 heterocycles. The van der Waals surface area contributed by atoms with E-state index in [4.69, 9.17) is 4.74 Å². The minimum Gasteiger partial charge on any atom is -0.494 e. The molecule has 2 saturated heterocycles. The summed E-state index contributed by atoms with van der Waals surface area (Å²) in [4.78, 5) is 30.3. The third-order valence-electron chi connectivity index (χ3n) is 7.81. The normalized spacial score (nSPS) is 17.0. The molecule has 2 aliphatic heterocycles. The van der Waals surface area contributed by atoms with Gasteiger partial charge in [0.15, 0.2) is 0 Å². The fourth-order valence-corrected chi connectivity index (χ4v) is 5.66. The van der Waals surface area contributed by atoms with Crippen molar-refractivity contribution in [1.82, 2.24) is 9.80 Å². The molecule has 194 valence electrons. The standard InChI is InChI=1S/C30H41N3O3/c1-5-8-23-9-7-10-26(22(3)4)27(23)31-29(35)33-20-17-30(21-33)15-18-32(19-16-30)28(34)24-11-13-25(14-12-24)36-6-2/h7,9-14,22H,5-6,8,15-21H2,1-4H3,(H,31,35). The number of aryl methyl sites for hydroxylation is 1. The SMILES string of the molecule is CCCc1cccc(C(C)C)c1NC(=O)N1CCC2(CCN(C(=O)c3ccc(OCC)cc3)CC2)C1. The quantitative estimate of drug-likeness (QED) is 0.493. The van der Waals surface area contributed by atoms with E-state index in [1.165, 1.54) is 11.1 Å². The third kappa shape index (κ3) is 5.69. The van der Waals surface area contributed by atoms with Crippen LogP contribution in [0, 0.1) is 5.41 Å². The van der Waals surface area contributed by atoms with E-state index in [1.54, 1.807) is 0 Å². The largest absolute Gasteiger partial charge is 0.494 e. The van der Waals surface area contributed by atoms with Crippen LogP contribution in [0.1, 0.15) is 80.8 Å². The molecule has 0 radical (unpaired) electrons. The summed E-state index contributed by atoms with van der Waals surface area (Å²) in [6.07, 6.45) is 4.87. The van der Waals surface area contributed by atoms with E-state index in [0.717, 1.165) is 69.7 Å². The number of benzene rings is 2. The highest BCUT2D eigenvalue weighted by molar-refractivity contribution is 5.94. The number of urea groups is 1. The highest BCUT2D eigenvalue weighted by atomic mass is 16.5. The lowest BCUT2D eigenvalue weighted by molar-refractivity contribution is 0.0595. The smallest absolute Gasteiger partial charge is 0.321 e.